The summed E-state index contributed by atoms with van der Waals surface area (Å²) in [7, 11) is 0. The number of halogens is 2. The van der Waals surface area contributed by atoms with E-state index in [9.17, 15) is 13.6 Å². The molecule has 1 aromatic carbocycles. The maximum Gasteiger partial charge on any atom is 0.266 e. The minimum atomic E-state index is -0.933. The van der Waals surface area contributed by atoms with Crippen LogP contribution in [0.2, 0.25) is 0 Å². The van der Waals surface area contributed by atoms with Gasteiger partial charge in [-0.3, -0.25) is 9.69 Å². The molecule has 3 atom stereocenters. The zero-order valence-electron chi connectivity index (χ0n) is 16.2. The molecule has 1 saturated heterocycles. The number of thiocarbonyl (C=S) groups is 1. The molecule has 2 aromatic rings. The van der Waals surface area contributed by atoms with Gasteiger partial charge in [0.15, 0.2) is 11.6 Å². The van der Waals surface area contributed by atoms with E-state index >= 15 is 0 Å². The van der Waals surface area contributed by atoms with Gasteiger partial charge < -0.3 is 4.42 Å². The third-order valence-electron chi connectivity index (χ3n) is 5.77. The van der Waals surface area contributed by atoms with Gasteiger partial charge in [-0.25, -0.2) is 8.78 Å². The Bertz CT molecular complexity index is 1000. The van der Waals surface area contributed by atoms with Crippen LogP contribution in [0, 0.1) is 23.5 Å². The van der Waals surface area contributed by atoms with Gasteiger partial charge >= 0.3 is 0 Å². The molecule has 2 aliphatic rings. The fraction of sp³-hybridized carbons (Fsp3) is 0.364. The molecule has 152 valence electrons. The van der Waals surface area contributed by atoms with Crippen LogP contribution in [-0.4, -0.2) is 21.2 Å². The van der Waals surface area contributed by atoms with Crippen molar-refractivity contribution >= 4 is 40.3 Å². The molecule has 0 spiro atoms. The van der Waals surface area contributed by atoms with Crippen molar-refractivity contribution in [1.29, 1.82) is 0 Å². The first-order valence-corrected chi connectivity index (χ1v) is 10.9. The van der Waals surface area contributed by atoms with Crippen molar-refractivity contribution < 1.29 is 18.0 Å². The fourth-order valence-electron chi connectivity index (χ4n) is 4.18. The first-order valence-electron chi connectivity index (χ1n) is 9.69. The Balaban J connectivity index is 1.55. The van der Waals surface area contributed by atoms with Crippen LogP contribution in [0.1, 0.15) is 38.9 Å². The minimum Gasteiger partial charge on any atom is -0.457 e. The Morgan fingerprint density at radius 3 is 2.72 bits per heavy atom. The summed E-state index contributed by atoms with van der Waals surface area (Å²) in [4.78, 5) is 15.3. The van der Waals surface area contributed by atoms with Crippen LogP contribution in [0.15, 0.2) is 39.7 Å². The highest BCUT2D eigenvalue weighted by atomic mass is 32.2. The second-order valence-electron chi connectivity index (χ2n) is 7.67. The number of nitrogens with zero attached hydrogens (tertiary/aromatic N) is 1. The van der Waals surface area contributed by atoms with Crippen molar-refractivity contribution in [3.8, 4) is 11.3 Å². The number of benzene rings is 1. The number of furan rings is 1. The van der Waals surface area contributed by atoms with E-state index in [0.29, 0.717) is 38.1 Å². The van der Waals surface area contributed by atoms with Crippen LogP contribution in [0.25, 0.3) is 17.4 Å². The largest absolute Gasteiger partial charge is 0.457 e. The quantitative estimate of drug-likeness (QED) is 0.421. The van der Waals surface area contributed by atoms with Gasteiger partial charge in [-0.2, -0.15) is 0 Å². The van der Waals surface area contributed by atoms with E-state index in [2.05, 4.69) is 13.8 Å². The van der Waals surface area contributed by atoms with Crippen molar-refractivity contribution in [3.63, 3.8) is 0 Å². The standard InChI is InChI=1S/C22H21F2NO2S2/c1-3-13-8-12(2)18(9-13)25-21(26)20(29-22(25)28)11-15-5-7-19(27-15)14-4-6-16(23)17(24)10-14/h4-7,10-13,18H,3,8-9H2,1-2H3/b20-11-. The normalized spacial score (nSPS) is 26.1. The summed E-state index contributed by atoms with van der Waals surface area (Å²) >= 11 is 6.79. The lowest BCUT2D eigenvalue weighted by Crippen LogP contribution is -2.40. The molecule has 2 heterocycles. The molecule has 2 fully saturated rings. The molecule has 1 aromatic heterocycles. The van der Waals surface area contributed by atoms with Gasteiger partial charge in [-0.05, 0) is 55.0 Å². The SMILES string of the molecule is CCC1CC(C)C(N2C(=O)/C(=C/c3ccc(-c4ccc(F)c(F)c4)o3)SC2=S)C1. The summed E-state index contributed by atoms with van der Waals surface area (Å²) in [5, 5.41) is 0. The van der Waals surface area contributed by atoms with Gasteiger partial charge in [0.25, 0.3) is 5.91 Å². The summed E-state index contributed by atoms with van der Waals surface area (Å²) in [5.41, 5.74) is 0.432. The van der Waals surface area contributed by atoms with E-state index in [0.717, 1.165) is 31.4 Å². The van der Waals surface area contributed by atoms with E-state index in [1.54, 1.807) is 23.1 Å². The molecule has 0 N–H and O–H groups in total. The zero-order chi connectivity index (χ0) is 20.7. The van der Waals surface area contributed by atoms with Crippen LogP contribution in [0.3, 0.4) is 0 Å². The van der Waals surface area contributed by atoms with Crippen LogP contribution < -0.4 is 0 Å². The molecule has 3 nitrogen and oxygen atoms in total. The van der Waals surface area contributed by atoms with Crippen LogP contribution in [-0.2, 0) is 4.79 Å². The van der Waals surface area contributed by atoms with Crippen molar-refractivity contribution in [2.45, 2.75) is 39.2 Å². The molecule has 1 amide bonds. The molecular formula is C22H21F2NO2S2. The van der Waals surface area contributed by atoms with E-state index in [1.807, 2.05) is 0 Å². The van der Waals surface area contributed by atoms with Gasteiger partial charge in [-0.1, -0.05) is 44.2 Å². The Morgan fingerprint density at radius 1 is 1.24 bits per heavy atom. The predicted octanol–water partition coefficient (Wildman–Crippen LogP) is 6.25. The van der Waals surface area contributed by atoms with Gasteiger partial charge in [0, 0.05) is 17.7 Å². The Hall–Kier alpha value is -1.99. The summed E-state index contributed by atoms with van der Waals surface area (Å²) in [6, 6.07) is 7.12. The van der Waals surface area contributed by atoms with Gasteiger partial charge in [-0.15, -0.1) is 0 Å². The summed E-state index contributed by atoms with van der Waals surface area (Å²) in [5.74, 6) is 0.00199. The highest BCUT2D eigenvalue weighted by Gasteiger charge is 2.43. The number of hydrogen-bond donors (Lipinski definition) is 0. The number of hydrogen-bond acceptors (Lipinski definition) is 4. The average Bonchev–Trinajstić information content (AvgIpc) is 3.37. The number of amides is 1. The molecule has 29 heavy (non-hydrogen) atoms. The monoisotopic (exact) mass is 433 g/mol. The molecule has 3 unspecified atom stereocenters. The third kappa shape index (κ3) is 3.90. The fourth-order valence-corrected chi connectivity index (χ4v) is 5.53. The Morgan fingerprint density at radius 2 is 2.03 bits per heavy atom. The summed E-state index contributed by atoms with van der Waals surface area (Å²) < 4.78 is 32.9. The maximum atomic E-state index is 13.5. The molecule has 0 radical (unpaired) electrons. The highest BCUT2D eigenvalue weighted by Crippen LogP contribution is 2.42. The smallest absolute Gasteiger partial charge is 0.266 e. The molecular weight excluding hydrogens is 412 g/mol. The number of carbonyl (C=O) groups is 1. The molecule has 7 heteroatoms. The Labute approximate surface area is 178 Å². The first-order chi connectivity index (χ1) is 13.9. The number of thioether (sulfide) groups is 1. The predicted molar refractivity (Wildman–Crippen MR) is 115 cm³/mol. The van der Waals surface area contributed by atoms with Crippen molar-refractivity contribution in [1.82, 2.24) is 4.90 Å². The van der Waals surface area contributed by atoms with E-state index in [1.165, 1.54) is 17.8 Å². The maximum absolute atomic E-state index is 13.5. The van der Waals surface area contributed by atoms with Gasteiger partial charge in [0.05, 0.1) is 4.91 Å². The van der Waals surface area contributed by atoms with Gasteiger partial charge in [0.2, 0.25) is 0 Å². The molecule has 4 rings (SSSR count). The van der Waals surface area contributed by atoms with Crippen molar-refractivity contribution in [2.75, 3.05) is 0 Å². The van der Waals surface area contributed by atoms with Crippen molar-refractivity contribution in [3.05, 3.63) is 52.6 Å². The van der Waals surface area contributed by atoms with Crippen LogP contribution in [0.5, 0.6) is 0 Å². The lowest BCUT2D eigenvalue weighted by Gasteiger charge is -2.26. The molecule has 1 saturated carbocycles. The molecule has 1 aliphatic carbocycles. The second kappa shape index (κ2) is 8.03. The Kier molecular flexibility index (Phi) is 5.62. The topological polar surface area (TPSA) is 33.5 Å². The van der Waals surface area contributed by atoms with E-state index in [-0.39, 0.29) is 11.9 Å². The van der Waals surface area contributed by atoms with Crippen LogP contribution >= 0.6 is 24.0 Å². The minimum absolute atomic E-state index is 0.0839. The second-order valence-corrected chi connectivity index (χ2v) is 9.35. The van der Waals surface area contributed by atoms with E-state index < -0.39 is 11.6 Å². The lowest BCUT2D eigenvalue weighted by atomic mass is 10.0. The zero-order valence-corrected chi connectivity index (χ0v) is 17.8. The van der Waals surface area contributed by atoms with Crippen molar-refractivity contribution in [2.24, 2.45) is 11.8 Å². The number of rotatable bonds is 4. The molecule has 0 bridgehead atoms. The van der Waals surface area contributed by atoms with Crippen LogP contribution in [0.4, 0.5) is 8.78 Å². The number of carbonyl (C=O) groups excluding carboxylic acids is 1. The summed E-state index contributed by atoms with van der Waals surface area (Å²) in [6.07, 6.45) is 4.88. The average molecular weight is 434 g/mol. The molecule has 1 aliphatic heterocycles. The van der Waals surface area contributed by atoms with Gasteiger partial charge in [0.1, 0.15) is 15.8 Å². The summed E-state index contributed by atoms with van der Waals surface area (Å²) in [6.45, 7) is 4.37. The lowest BCUT2D eigenvalue weighted by molar-refractivity contribution is -0.124. The van der Waals surface area contributed by atoms with E-state index in [4.69, 9.17) is 16.6 Å². The first kappa shape index (κ1) is 20.3. The highest BCUT2D eigenvalue weighted by molar-refractivity contribution is 8.26. The third-order valence-corrected chi connectivity index (χ3v) is 7.10.